The van der Waals surface area contributed by atoms with Crippen molar-refractivity contribution in [2.75, 3.05) is 19.4 Å². The maximum absolute atomic E-state index is 10.7. The summed E-state index contributed by atoms with van der Waals surface area (Å²) in [6.07, 6.45) is 2.09. The highest BCUT2D eigenvalue weighted by Crippen LogP contribution is 2.29. The number of methoxy groups -OCH3 is 1. The number of ether oxygens (including phenoxy) is 1. The molecular formula is C13H19NO4S. The van der Waals surface area contributed by atoms with E-state index in [9.17, 15) is 8.42 Å². The van der Waals surface area contributed by atoms with Crippen molar-refractivity contribution < 1.29 is 17.7 Å². The van der Waals surface area contributed by atoms with Gasteiger partial charge in [-0.25, -0.2) is 0 Å². The first-order chi connectivity index (χ1) is 8.99. The molecule has 1 aromatic carbocycles. The average molecular weight is 285 g/mol. The summed E-state index contributed by atoms with van der Waals surface area (Å²) in [6.45, 7) is 0.872. The van der Waals surface area contributed by atoms with E-state index >= 15 is 0 Å². The Labute approximate surface area is 113 Å². The molecule has 0 aliphatic carbocycles. The Bertz CT molecular complexity index is 542. The highest BCUT2D eigenvalue weighted by atomic mass is 32.2. The molecule has 2 rings (SSSR count). The molecule has 106 valence electrons. The fourth-order valence-corrected chi connectivity index (χ4v) is 3.02. The molecule has 5 nitrogen and oxygen atoms in total. The van der Waals surface area contributed by atoms with Crippen LogP contribution in [0.4, 0.5) is 0 Å². The lowest BCUT2D eigenvalue weighted by Gasteiger charge is -2.27. The van der Waals surface area contributed by atoms with Crippen molar-refractivity contribution in [1.82, 2.24) is 5.32 Å². The first-order valence-electron chi connectivity index (χ1n) is 6.35. The standard InChI is InChI=1S/C13H19NO4S/c1-18-11-4-5-12-10(9-11)6-7-14-13(12)3-2-8-19(15,16)17/h4-5,9,13-14H,2-3,6-8H2,1H3,(H,15,16,17). The quantitative estimate of drug-likeness (QED) is 0.803. The summed E-state index contributed by atoms with van der Waals surface area (Å²) in [5.74, 6) is 0.661. The Hall–Kier alpha value is -1.11. The zero-order valence-corrected chi connectivity index (χ0v) is 11.7. The molecule has 1 aromatic rings. The van der Waals surface area contributed by atoms with Crippen LogP contribution in [0.3, 0.4) is 0 Å². The molecule has 0 spiro atoms. The maximum Gasteiger partial charge on any atom is 0.264 e. The third kappa shape index (κ3) is 3.92. The first-order valence-corrected chi connectivity index (χ1v) is 7.96. The monoisotopic (exact) mass is 285 g/mol. The van der Waals surface area contributed by atoms with Gasteiger partial charge in [-0.05, 0) is 49.1 Å². The van der Waals surface area contributed by atoms with E-state index in [1.54, 1.807) is 7.11 Å². The van der Waals surface area contributed by atoms with Crippen LogP contribution in [0.1, 0.15) is 30.0 Å². The molecule has 0 radical (unpaired) electrons. The summed E-state index contributed by atoms with van der Waals surface area (Å²) in [4.78, 5) is 0. The van der Waals surface area contributed by atoms with Gasteiger partial charge in [-0.15, -0.1) is 0 Å². The molecule has 1 unspecified atom stereocenters. The molecule has 2 N–H and O–H groups in total. The summed E-state index contributed by atoms with van der Waals surface area (Å²) in [7, 11) is -2.22. The van der Waals surface area contributed by atoms with E-state index in [4.69, 9.17) is 9.29 Å². The van der Waals surface area contributed by atoms with Gasteiger partial charge in [-0.1, -0.05) is 6.07 Å². The largest absolute Gasteiger partial charge is 0.497 e. The Morgan fingerprint density at radius 3 is 2.95 bits per heavy atom. The fraction of sp³-hybridized carbons (Fsp3) is 0.538. The van der Waals surface area contributed by atoms with Crippen LogP contribution in [0.5, 0.6) is 5.75 Å². The second-order valence-electron chi connectivity index (χ2n) is 4.75. The van der Waals surface area contributed by atoms with E-state index in [-0.39, 0.29) is 11.8 Å². The fourth-order valence-electron chi connectivity index (χ4n) is 2.48. The van der Waals surface area contributed by atoms with Gasteiger partial charge in [0.1, 0.15) is 5.75 Å². The minimum absolute atomic E-state index is 0.149. The molecule has 0 aromatic heterocycles. The van der Waals surface area contributed by atoms with Gasteiger partial charge >= 0.3 is 0 Å². The molecule has 0 fully saturated rings. The average Bonchev–Trinajstić information content (AvgIpc) is 2.37. The molecule has 19 heavy (non-hydrogen) atoms. The van der Waals surface area contributed by atoms with Crippen LogP contribution >= 0.6 is 0 Å². The molecular weight excluding hydrogens is 266 g/mol. The SMILES string of the molecule is COc1ccc2c(c1)CCNC2CCCS(=O)(=O)O. The summed E-state index contributed by atoms with van der Waals surface area (Å²) in [5, 5.41) is 3.38. The number of nitrogens with one attached hydrogen (secondary N) is 1. The summed E-state index contributed by atoms with van der Waals surface area (Å²) in [5.41, 5.74) is 2.44. The predicted octanol–water partition coefficient (Wildman–Crippen LogP) is 1.55. The second kappa shape index (κ2) is 5.90. The van der Waals surface area contributed by atoms with Gasteiger partial charge in [0.15, 0.2) is 0 Å². The Morgan fingerprint density at radius 2 is 2.26 bits per heavy atom. The minimum atomic E-state index is -3.86. The Morgan fingerprint density at radius 1 is 1.47 bits per heavy atom. The van der Waals surface area contributed by atoms with Crippen molar-refractivity contribution in [3.63, 3.8) is 0 Å². The van der Waals surface area contributed by atoms with E-state index in [1.807, 2.05) is 18.2 Å². The van der Waals surface area contributed by atoms with Crippen LogP contribution in [-0.2, 0) is 16.5 Å². The molecule has 1 aliphatic heterocycles. The van der Waals surface area contributed by atoms with Crippen LogP contribution in [-0.4, -0.2) is 32.4 Å². The van der Waals surface area contributed by atoms with Crippen molar-refractivity contribution in [3.05, 3.63) is 29.3 Å². The van der Waals surface area contributed by atoms with Gasteiger partial charge in [0, 0.05) is 6.04 Å². The van der Waals surface area contributed by atoms with Gasteiger partial charge in [0.05, 0.1) is 12.9 Å². The van der Waals surface area contributed by atoms with Gasteiger partial charge in [-0.3, -0.25) is 4.55 Å². The van der Waals surface area contributed by atoms with Crippen LogP contribution < -0.4 is 10.1 Å². The van der Waals surface area contributed by atoms with Gasteiger partial charge < -0.3 is 10.1 Å². The van der Waals surface area contributed by atoms with E-state index in [0.29, 0.717) is 12.8 Å². The molecule has 0 bridgehead atoms. The first kappa shape index (κ1) is 14.3. The smallest absolute Gasteiger partial charge is 0.264 e. The van der Waals surface area contributed by atoms with Gasteiger partial charge in [0.25, 0.3) is 10.1 Å². The van der Waals surface area contributed by atoms with Crippen LogP contribution in [0.2, 0.25) is 0 Å². The second-order valence-corrected chi connectivity index (χ2v) is 6.32. The van der Waals surface area contributed by atoms with Crippen LogP contribution in [0, 0.1) is 0 Å². The molecule has 0 amide bonds. The van der Waals surface area contributed by atoms with Crippen molar-refractivity contribution in [2.45, 2.75) is 25.3 Å². The van der Waals surface area contributed by atoms with Crippen LogP contribution in [0.15, 0.2) is 18.2 Å². The highest BCUT2D eigenvalue weighted by molar-refractivity contribution is 7.85. The lowest BCUT2D eigenvalue weighted by Crippen LogP contribution is -2.30. The third-order valence-corrected chi connectivity index (χ3v) is 4.21. The lowest BCUT2D eigenvalue weighted by molar-refractivity contribution is 0.411. The van der Waals surface area contributed by atoms with Crippen molar-refractivity contribution in [3.8, 4) is 5.75 Å². The number of hydrogen-bond acceptors (Lipinski definition) is 4. The molecule has 6 heteroatoms. The number of rotatable bonds is 5. The molecule has 1 aliphatic rings. The normalized spacial score (nSPS) is 18.9. The minimum Gasteiger partial charge on any atom is -0.497 e. The topological polar surface area (TPSA) is 75.6 Å². The molecule has 1 atom stereocenters. The lowest BCUT2D eigenvalue weighted by atomic mass is 9.91. The molecule has 1 heterocycles. The van der Waals surface area contributed by atoms with E-state index in [2.05, 4.69) is 5.32 Å². The summed E-state index contributed by atoms with van der Waals surface area (Å²) >= 11 is 0. The van der Waals surface area contributed by atoms with Gasteiger partial charge in [-0.2, -0.15) is 8.42 Å². The van der Waals surface area contributed by atoms with Crippen molar-refractivity contribution >= 4 is 10.1 Å². The van der Waals surface area contributed by atoms with E-state index in [1.165, 1.54) is 11.1 Å². The van der Waals surface area contributed by atoms with Gasteiger partial charge in [0.2, 0.25) is 0 Å². The maximum atomic E-state index is 10.7. The zero-order valence-electron chi connectivity index (χ0n) is 10.9. The van der Waals surface area contributed by atoms with Crippen LogP contribution in [0.25, 0.3) is 0 Å². The highest BCUT2D eigenvalue weighted by Gasteiger charge is 2.20. The Kier molecular flexibility index (Phi) is 4.44. The number of hydrogen-bond donors (Lipinski definition) is 2. The molecule has 0 saturated carbocycles. The molecule has 0 saturated heterocycles. The number of fused-ring (bicyclic) bond motifs is 1. The van der Waals surface area contributed by atoms with E-state index < -0.39 is 10.1 Å². The van der Waals surface area contributed by atoms with E-state index in [0.717, 1.165) is 18.7 Å². The number of benzene rings is 1. The Balaban J connectivity index is 2.05. The summed E-state index contributed by atoms with van der Waals surface area (Å²) in [6, 6.07) is 6.13. The van der Waals surface area contributed by atoms with Crippen molar-refractivity contribution in [2.24, 2.45) is 0 Å². The predicted molar refractivity (Wildman–Crippen MR) is 73.1 cm³/mol. The van der Waals surface area contributed by atoms with Crippen molar-refractivity contribution in [1.29, 1.82) is 0 Å². The summed E-state index contributed by atoms with van der Waals surface area (Å²) < 4.78 is 35.4. The zero-order chi connectivity index (χ0) is 13.9. The third-order valence-electron chi connectivity index (χ3n) is 3.41.